The molecule has 0 radical (unpaired) electrons. The average Bonchev–Trinajstić information content (AvgIpc) is 2.01. The fourth-order valence-corrected chi connectivity index (χ4v) is 1.58. The van der Waals surface area contributed by atoms with E-state index in [0.29, 0.717) is 0 Å². The van der Waals surface area contributed by atoms with Crippen LogP contribution in [0.3, 0.4) is 0 Å². The lowest BCUT2D eigenvalue weighted by molar-refractivity contribution is -0.242. The number of halogens is 6. The van der Waals surface area contributed by atoms with Gasteiger partial charge in [0.25, 0.3) is 0 Å². The van der Waals surface area contributed by atoms with Gasteiger partial charge in [-0.1, -0.05) is 0 Å². The Morgan fingerprint density at radius 2 is 1.50 bits per heavy atom. The molecule has 0 aromatic carbocycles. The Morgan fingerprint density at radius 3 is 1.86 bits per heavy atom. The Kier molecular flexibility index (Phi) is 2.99. The van der Waals surface area contributed by atoms with E-state index in [0.717, 1.165) is 0 Å². The molecule has 1 saturated heterocycles. The zero-order chi connectivity index (χ0) is 11.0. The summed E-state index contributed by atoms with van der Waals surface area (Å²) >= 11 is 0. The number of hydrogen-bond acceptors (Lipinski definition) is 1. The molecular weight excluding hydrogens is 212 g/mol. The second kappa shape index (κ2) is 3.60. The second-order valence-corrected chi connectivity index (χ2v) is 3.26. The third-order valence-corrected chi connectivity index (χ3v) is 2.23. The molecule has 0 aromatic heterocycles. The van der Waals surface area contributed by atoms with Crippen LogP contribution in [0.25, 0.3) is 0 Å². The Balaban J connectivity index is 2.80. The zero-order valence-corrected chi connectivity index (χ0v) is 7.04. The van der Waals surface area contributed by atoms with Crippen LogP contribution in [0.2, 0.25) is 0 Å². The van der Waals surface area contributed by atoms with Crippen LogP contribution in [0.15, 0.2) is 0 Å². The number of nitrogens with one attached hydrogen (secondary N) is 1. The summed E-state index contributed by atoms with van der Waals surface area (Å²) in [5.74, 6) is -2.31. The highest BCUT2D eigenvalue weighted by molar-refractivity contribution is 4.90. The summed E-state index contributed by atoms with van der Waals surface area (Å²) in [6.07, 6.45) is -9.95. The second-order valence-electron chi connectivity index (χ2n) is 3.26. The van der Waals surface area contributed by atoms with Crippen LogP contribution in [0.4, 0.5) is 26.3 Å². The molecule has 0 aliphatic carbocycles. The molecule has 1 fully saturated rings. The maximum atomic E-state index is 12.2. The average molecular weight is 221 g/mol. The van der Waals surface area contributed by atoms with E-state index in [1.54, 1.807) is 0 Å². The summed E-state index contributed by atoms with van der Waals surface area (Å²) in [6, 6.07) is -2.45. The van der Waals surface area contributed by atoms with Crippen LogP contribution >= 0.6 is 0 Å². The minimum absolute atomic E-state index is 0.0171. The Labute approximate surface area is 76.5 Å². The molecule has 1 aliphatic heterocycles. The van der Waals surface area contributed by atoms with Crippen LogP contribution < -0.4 is 5.32 Å². The van der Waals surface area contributed by atoms with Gasteiger partial charge in [0, 0.05) is 0 Å². The Bertz CT molecular complexity index is 173. The van der Waals surface area contributed by atoms with Gasteiger partial charge < -0.3 is 5.32 Å². The summed E-state index contributed by atoms with van der Waals surface area (Å²) in [4.78, 5) is 0. The molecule has 14 heavy (non-hydrogen) atoms. The van der Waals surface area contributed by atoms with E-state index in [4.69, 9.17) is 0 Å². The monoisotopic (exact) mass is 221 g/mol. The first-order valence-corrected chi connectivity index (χ1v) is 4.10. The maximum absolute atomic E-state index is 12.2. The molecule has 0 bridgehead atoms. The molecule has 1 rings (SSSR count). The smallest absolute Gasteiger partial charge is 0.306 e. The SMILES string of the molecule is FC(F)(F)[C@H]1CCCN[C@@H]1C(F)(F)F. The molecule has 0 unspecified atom stereocenters. The number of rotatable bonds is 0. The lowest BCUT2D eigenvalue weighted by Crippen LogP contribution is -2.55. The van der Waals surface area contributed by atoms with E-state index in [1.807, 2.05) is 5.32 Å². The molecule has 0 amide bonds. The number of piperidine rings is 1. The van der Waals surface area contributed by atoms with Crippen LogP contribution in [-0.2, 0) is 0 Å². The third-order valence-electron chi connectivity index (χ3n) is 2.23. The first-order valence-electron chi connectivity index (χ1n) is 4.10. The van der Waals surface area contributed by atoms with E-state index in [2.05, 4.69) is 0 Å². The van der Waals surface area contributed by atoms with E-state index >= 15 is 0 Å². The minimum Gasteiger partial charge on any atom is -0.306 e. The van der Waals surface area contributed by atoms with E-state index < -0.39 is 30.7 Å². The standard InChI is InChI=1S/C7H9F6N/c8-6(9,10)4-2-1-3-14-5(4)7(11,12)13/h4-5,14H,1-3H2/t4-,5-/m0/s1. The first-order chi connectivity index (χ1) is 6.23. The highest BCUT2D eigenvalue weighted by Gasteiger charge is 2.55. The van der Waals surface area contributed by atoms with Crippen molar-refractivity contribution >= 4 is 0 Å². The minimum atomic E-state index is -4.83. The predicted molar refractivity (Wildman–Crippen MR) is 36.6 cm³/mol. The van der Waals surface area contributed by atoms with Crippen molar-refractivity contribution in [2.45, 2.75) is 31.2 Å². The molecule has 1 heterocycles. The first kappa shape index (κ1) is 11.6. The fraction of sp³-hybridized carbons (Fsp3) is 1.00. The summed E-state index contributed by atoms with van der Waals surface area (Å²) in [7, 11) is 0. The van der Waals surface area contributed by atoms with Gasteiger partial charge in [0.1, 0.15) is 6.04 Å². The fourth-order valence-electron chi connectivity index (χ4n) is 1.58. The van der Waals surface area contributed by atoms with Crippen molar-refractivity contribution in [3.05, 3.63) is 0 Å². The van der Waals surface area contributed by atoms with Gasteiger partial charge in [0.2, 0.25) is 0 Å². The molecule has 0 saturated carbocycles. The van der Waals surface area contributed by atoms with E-state index in [1.165, 1.54) is 0 Å². The van der Waals surface area contributed by atoms with Crippen LogP contribution in [0.1, 0.15) is 12.8 Å². The van der Waals surface area contributed by atoms with Crippen molar-refractivity contribution < 1.29 is 26.3 Å². The maximum Gasteiger partial charge on any atom is 0.404 e. The molecule has 2 atom stereocenters. The van der Waals surface area contributed by atoms with Crippen LogP contribution in [0.5, 0.6) is 0 Å². The summed E-state index contributed by atoms with van der Waals surface area (Å²) in [5.41, 5.74) is 0. The Morgan fingerprint density at radius 1 is 0.929 bits per heavy atom. The predicted octanol–water partition coefficient (Wildman–Crippen LogP) is 2.48. The van der Waals surface area contributed by atoms with Gasteiger partial charge in [-0.15, -0.1) is 0 Å². The van der Waals surface area contributed by atoms with Gasteiger partial charge in [0.15, 0.2) is 0 Å². The van der Waals surface area contributed by atoms with E-state index in [9.17, 15) is 26.3 Å². The van der Waals surface area contributed by atoms with Gasteiger partial charge in [-0.2, -0.15) is 26.3 Å². The van der Waals surface area contributed by atoms with Gasteiger partial charge in [-0.05, 0) is 19.4 Å². The number of alkyl halides is 6. The molecule has 1 aliphatic rings. The summed E-state index contributed by atoms with van der Waals surface area (Å²) < 4.78 is 73.0. The van der Waals surface area contributed by atoms with Crippen molar-refractivity contribution in [3.63, 3.8) is 0 Å². The lowest BCUT2D eigenvalue weighted by atomic mass is 9.90. The van der Waals surface area contributed by atoms with Gasteiger partial charge in [0.05, 0.1) is 5.92 Å². The topological polar surface area (TPSA) is 12.0 Å². The highest BCUT2D eigenvalue weighted by atomic mass is 19.4. The molecule has 1 nitrogen and oxygen atoms in total. The van der Waals surface area contributed by atoms with Crippen molar-refractivity contribution in [1.29, 1.82) is 0 Å². The van der Waals surface area contributed by atoms with Crippen LogP contribution in [0, 0.1) is 5.92 Å². The quantitative estimate of drug-likeness (QED) is 0.619. The van der Waals surface area contributed by atoms with Crippen LogP contribution in [-0.4, -0.2) is 24.9 Å². The normalized spacial score (nSPS) is 30.4. The lowest BCUT2D eigenvalue weighted by Gasteiger charge is -2.34. The van der Waals surface area contributed by atoms with Crippen molar-refractivity contribution in [2.24, 2.45) is 5.92 Å². The van der Waals surface area contributed by atoms with Crippen molar-refractivity contribution in [3.8, 4) is 0 Å². The highest BCUT2D eigenvalue weighted by Crippen LogP contribution is 2.40. The molecule has 0 aromatic rings. The molecular formula is C7H9F6N. The van der Waals surface area contributed by atoms with Gasteiger partial charge >= 0.3 is 12.4 Å². The zero-order valence-electron chi connectivity index (χ0n) is 7.04. The third kappa shape index (κ3) is 2.52. The largest absolute Gasteiger partial charge is 0.404 e. The van der Waals surface area contributed by atoms with Crippen molar-refractivity contribution in [1.82, 2.24) is 5.32 Å². The number of hydrogen-bond donors (Lipinski definition) is 1. The summed E-state index contributed by atoms with van der Waals surface area (Å²) in [5, 5.41) is 1.87. The van der Waals surface area contributed by atoms with Gasteiger partial charge in [-0.3, -0.25) is 0 Å². The van der Waals surface area contributed by atoms with E-state index in [-0.39, 0.29) is 13.0 Å². The summed E-state index contributed by atoms with van der Waals surface area (Å²) in [6.45, 7) is -0.0171. The molecule has 1 N–H and O–H groups in total. The Hall–Kier alpha value is -0.460. The van der Waals surface area contributed by atoms with Crippen molar-refractivity contribution in [2.75, 3.05) is 6.54 Å². The molecule has 0 spiro atoms. The van der Waals surface area contributed by atoms with Gasteiger partial charge in [-0.25, -0.2) is 0 Å². The molecule has 7 heteroatoms. The molecule has 84 valence electrons.